The first kappa shape index (κ1) is 17.7. The van der Waals surface area contributed by atoms with Crippen LogP contribution < -0.4 is 10.1 Å². The number of anilines is 1. The van der Waals surface area contributed by atoms with E-state index in [4.69, 9.17) is 4.74 Å². The maximum Gasteiger partial charge on any atom is 0.234 e. The molecule has 0 atom stereocenters. The van der Waals surface area contributed by atoms with Gasteiger partial charge in [-0.25, -0.2) is 0 Å². The first-order valence-corrected chi connectivity index (χ1v) is 10.2. The quantitative estimate of drug-likeness (QED) is 0.624. The molecule has 9 heteroatoms. The number of hydrogen-bond donors (Lipinski definition) is 1. The fourth-order valence-electron chi connectivity index (χ4n) is 1.58. The van der Waals surface area contributed by atoms with Gasteiger partial charge in [0.25, 0.3) is 0 Å². The Kier molecular flexibility index (Phi) is 6.92. The summed E-state index contributed by atoms with van der Waals surface area (Å²) >= 11 is 13.5. The van der Waals surface area contributed by atoms with Gasteiger partial charge in [-0.05, 0) is 53.9 Å². The highest BCUT2D eigenvalue weighted by atomic mass is 79.9. The Balaban J connectivity index is 2.06. The molecule has 1 aromatic rings. The number of halogens is 3. The van der Waals surface area contributed by atoms with Crippen LogP contribution in [-0.4, -0.2) is 35.4 Å². The molecular formula is C12H11Br3N2O2S2. The second kappa shape index (κ2) is 8.24. The Labute approximate surface area is 156 Å². The lowest BCUT2D eigenvalue weighted by molar-refractivity contribution is -0.113. The van der Waals surface area contributed by atoms with Crippen molar-refractivity contribution in [1.82, 2.24) is 0 Å². The second-order valence-electron chi connectivity index (χ2n) is 3.90. The van der Waals surface area contributed by atoms with Gasteiger partial charge in [-0.1, -0.05) is 23.5 Å². The topological polar surface area (TPSA) is 50.7 Å². The zero-order valence-electron chi connectivity index (χ0n) is 10.9. The second-order valence-corrected chi connectivity index (χ2v) is 8.70. The lowest BCUT2D eigenvalue weighted by Gasteiger charge is -2.14. The van der Waals surface area contributed by atoms with Crippen LogP contribution in [0.15, 0.2) is 24.5 Å². The first-order valence-electron chi connectivity index (χ1n) is 5.84. The van der Waals surface area contributed by atoms with E-state index in [9.17, 15) is 4.79 Å². The maximum atomic E-state index is 12.1. The minimum Gasteiger partial charge on any atom is -0.494 e. The van der Waals surface area contributed by atoms with Gasteiger partial charge in [0.05, 0.1) is 34.0 Å². The Morgan fingerprint density at radius 1 is 1.48 bits per heavy atom. The molecule has 0 aliphatic carbocycles. The SMILES string of the molecule is COc1c(Br)cc(Br)c(NC(=O)CSC2=NCCS2)c1Br. The van der Waals surface area contributed by atoms with Gasteiger partial charge >= 0.3 is 0 Å². The highest BCUT2D eigenvalue weighted by molar-refractivity contribution is 9.11. The molecule has 0 bridgehead atoms. The van der Waals surface area contributed by atoms with Gasteiger partial charge in [0.1, 0.15) is 10.1 Å². The van der Waals surface area contributed by atoms with E-state index in [1.807, 2.05) is 6.07 Å². The predicted octanol–water partition coefficient (Wildman–Crippen LogP) is 4.76. The molecule has 1 aliphatic rings. The zero-order valence-corrected chi connectivity index (χ0v) is 17.3. The van der Waals surface area contributed by atoms with Crippen LogP contribution in [0.2, 0.25) is 0 Å². The van der Waals surface area contributed by atoms with Gasteiger partial charge in [-0.2, -0.15) is 0 Å². The van der Waals surface area contributed by atoms with Crippen molar-refractivity contribution in [3.8, 4) is 5.75 Å². The van der Waals surface area contributed by atoms with Crippen molar-refractivity contribution in [3.05, 3.63) is 19.5 Å². The van der Waals surface area contributed by atoms with Gasteiger partial charge in [-0.3, -0.25) is 9.79 Å². The van der Waals surface area contributed by atoms with E-state index in [-0.39, 0.29) is 5.91 Å². The molecule has 21 heavy (non-hydrogen) atoms. The van der Waals surface area contributed by atoms with Crippen LogP contribution in [0.1, 0.15) is 0 Å². The predicted molar refractivity (Wildman–Crippen MR) is 102 cm³/mol. The molecule has 1 heterocycles. The molecule has 0 saturated heterocycles. The molecule has 0 spiro atoms. The van der Waals surface area contributed by atoms with Crippen molar-refractivity contribution in [2.24, 2.45) is 4.99 Å². The van der Waals surface area contributed by atoms with E-state index in [2.05, 4.69) is 58.1 Å². The molecule has 1 N–H and O–H groups in total. The number of aliphatic imine (C=N–C) groups is 1. The fourth-order valence-corrected chi connectivity index (χ4v) is 6.03. The van der Waals surface area contributed by atoms with Gasteiger partial charge < -0.3 is 10.1 Å². The number of carbonyl (C=O) groups is 1. The number of methoxy groups -OCH3 is 1. The minimum atomic E-state index is -0.0824. The third-order valence-electron chi connectivity index (χ3n) is 2.48. The molecule has 1 amide bonds. The van der Waals surface area contributed by atoms with Crippen molar-refractivity contribution in [2.75, 3.05) is 30.5 Å². The minimum absolute atomic E-state index is 0.0824. The summed E-state index contributed by atoms with van der Waals surface area (Å²) in [4.78, 5) is 16.4. The molecule has 0 radical (unpaired) electrons. The van der Waals surface area contributed by atoms with Crippen molar-refractivity contribution < 1.29 is 9.53 Å². The molecule has 0 fully saturated rings. The molecule has 1 aromatic carbocycles. The number of amides is 1. The number of rotatable bonds is 4. The highest BCUT2D eigenvalue weighted by Crippen LogP contribution is 2.43. The van der Waals surface area contributed by atoms with Crippen LogP contribution in [0.5, 0.6) is 5.75 Å². The van der Waals surface area contributed by atoms with E-state index >= 15 is 0 Å². The van der Waals surface area contributed by atoms with Gasteiger partial charge in [-0.15, -0.1) is 0 Å². The molecule has 4 nitrogen and oxygen atoms in total. The first-order chi connectivity index (χ1) is 10.0. The van der Waals surface area contributed by atoms with Crippen LogP contribution in [0.25, 0.3) is 0 Å². The average molecular weight is 519 g/mol. The summed E-state index contributed by atoms with van der Waals surface area (Å²) in [6.45, 7) is 0.843. The van der Waals surface area contributed by atoms with E-state index in [1.54, 1.807) is 18.9 Å². The maximum absolute atomic E-state index is 12.1. The summed E-state index contributed by atoms with van der Waals surface area (Å²) in [7, 11) is 1.58. The van der Waals surface area contributed by atoms with Crippen molar-refractivity contribution >= 4 is 87.3 Å². The molecule has 114 valence electrons. The molecule has 0 unspecified atom stereocenters. The Morgan fingerprint density at radius 2 is 2.24 bits per heavy atom. The lowest BCUT2D eigenvalue weighted by atomic mass is 10.3. The number of hydrogen-bond acceptors (Lipinski definition) is 5. The Morgan fingerprint density at radius 3 is 2.86 bits per heavy atom. The zero-order chi connectivity index (χ0) is 15.4. The third kappa shape index (κ3) is 4.63. The summed E-state index contributed by atoms with van der Waals surface area (Å²) in [6, 6.07) is 1.84. The Bertz CT molecular complexity index is 596. The number of thioether (sulfide) groups is 2. The summed E-state index contributed by atoms with van der Waals surface area (Å²) in [5.41, 5.74) is 0.654. The molecule has 0 saturated carbocycles. The van der Waals surface area contributed by atoms with Crippen LogP contribution in [-0.2, 0) is 4.79 Å². The Hall–Kier alpha value is 0.300. The van der Waals surface area contributed by atoms with E-state index in [0.29, 0.717) is 21.7 Å². The number of nitrogens with zero attached hydrogens (tertiary/aromatic N) is 1. The normalized spacial score (nSPS) is 14.0. The third-order valence-corrected chi connectivity index (χ3v) is 6.70. The lowest BCUT2D eigenvalue weighted by Crippen LogP contribution is -2.15. The summed E-state index contributed by atoms with van der Waals surface area (Å²) in [5, 5.41) is 2.89. The molecule has 1 aliphatic heterocycles. The summed E-state index contributed by atoms with van der Waals surface area (Å²) < 4.78 is 8.55. The molecule has 0 aromatic heterocycles. The smallest absolute Gasteiger partial charge is 0.234 e. The number of carbonyl (C=O) groups excluding carboxylic acids is 1. The molecule has 2 rings (SSSR count). The van der Waals surface area contributed by atoms with Crippen LogP contribution in [0.3, 0.4) is 0 Å². The standard InChI is InChI=1S/C12H11Br3N2O2S2/c1-19-11-7(14)4-6(13)10(9(11)15)17-8(18)5-21-12-16-2-3-20-12/h4H,2-3,5H2,1H3,(H,17,18). The van der Waals surface area contributed by atoms with Crippen LogP contribution >= 0.6 is 71.3 Å². The van der Waals surface area contributed by atoms with Crippen molar-refractivity contribution in [2.45, 2.75) is 0 Å². The van der Waals surface area contributed by atoms with Crippen LogP contribution in [0.4, 0.5) is 5.69 Å². The average Bonchev–Trinajstić information content (AvgIpc) is 2.95. The number of nitrogens with one attached hydrogen (secondary N) is 1. The largest absolute Gasteiger partial charge is 0.494 e. The van der Waals surface area contributed by atoms with E-state index in [1.165, 1.54) is 11.8 Å². The molecular weight excluding hydrogens is 508 g/mol. The summed E-state index contributed by atoms with van der Waals surface area (Å²) in [5.74, 6) is 1.89. The van der Waals surface area contributed by atoms with Gasteiger partial charge in [0.15, 0.2) is 0 Å². The fraction of sp³-hybridized carbons (Fsp3) is 0.333. The van der Waals surface area contributed by atoms with Crippen molar-refractivity contribution in [1.29, 1.82) is 0 Å². The van der Waals surface area contributed by atoms with Crippen molar-refractivity contribution in [3.63, 3.8) is 0 Å². The van der Waals surface area contributed by atoms with E-state index in [0.717, 1.165) is 25.6 Å². The van der Waals surface area contributed by atoms with E-state index < -0.39 is 0 Å². The number of ether oxygens (including phenoxy) is 1. The van der Waals surface area contributed by atoms with Crippen LogP contribution in [0, 0.1) is 0 Å². The summed E-state index contributed by atoms with van der Waals surface area (Å²) in [6.07, 6.45) is 0. The monoisotopic (exact) mass is 516 g/mol. The number of benzene rings is 1. The highest BCUT2D eigenvalue weighted by Gasteiger charge is 2.17. The van der Waals surface area contributed by atoms with Gasteiger partial charge in [0, 0.05) is 10.2 Å². The van der Waals surface area contributed by atoms with Gasteiger partial charge in [0.2, 0.25) is 5.91 Å².